The second kappa shape index (κ2) is 12.0. The van der Waals surface area contributed by atoms with Gasteiger partial charge in [0, 0.05) is 12.6 Å². The number of nitrogens with two attached hydrogens (primary N) is 1. The second-order valence-electron chi connectivity index (χ2n) is 8.38. The van der Waals surface area contributed by atoms with E-state index in [1.165, 1.54) is 4.57 Å². The molecule has 0 fully saturated rings. The maximum atomic E-state index is 12.4. The number of esters is 2. The third-order valence-electron chi connectivity index (χ3n) is 5.84. The number of benzene rings is 3. The molecule has 0 aliphatic rings. The number of azo groups is 1. The third-order valence-corrected chi connectivity index (χ3v) is 5.84. The first kappa shape index (κ1) is 26.9. The Morgan fingerprint density at radius 3 is 1.72 bits per heavy atom. The molecule has 1 heterocycles. The molecule has 0 spiro atoms. The van der Waals surface area contributed by atoms with Crippen molar-refractivity contribution in [3.8, 4) is 22.4 Å². The van der Waals surface area contributed by atoms with Crippen LogP contribution >= 0.6 is 0 Å². The van der Waals surface area contributed by atoms with Crippen molar-refractivity contribution in [2.24, 2.45) is 17.3 Å². The van der Waals surface area contributed by atoms with Gasteiger partial charge < -0.3 is 15.2 Å². The lowest BCUT2D eigenvalue weighted by atomic mass is 10.0. The predicted molar refractivity (Wildman–Crippen MR) is 147 cm³/mol. The quantitative estimate of drug-likeness (QED) is 0.238. The van der Waals surface area contributed by atoms with Crippen LogP contribution in [0.3, 0.4) is 0 Å². The summed E-state index contributed by atoms with van der Waals surface area (Å²) in [7, 11) is 1.56. The Bertz CT molecular complexity index is 1580. The van der Waals surface area contributed by atoms with Gasteiger partial charge in [0.1, 0.15) is 0 Å². The lowest BCUT2D eigenvalue weighted by Gasteiger charge is -2.12. The summed E-state index contributed by atoms with van der Waals surface area (Å²) < 4.78 is 11.4. The van der Waals surface area contributed by atoms with Crippen LogP contribution in [0.1, 0.15) is 34.6 Å². The minimum Gasteiger partial charge on any atom is -0.462 e. The van der Waals surface area contributed by atoms with Crippen molar-refractivity contribution in [2.75, 3.05) is 18.9 Å². The van der Waals surface area contributed by atoms with Gasteiger partial charge in [-0.1, -0.05) is 36.4 Å². The van der Waals surface area contributed by atoms with Gasteiger partial charge in [-0.2, -0.15) is 10.1 Å². The number of nitrogens with zero attached hydrogens (tertiary/aromatic N) is 4. The van der Waals surface area contributed by atoms with Crippen molar-refractivity contribution in [1.29, 1.82) is 0 Å². The summed E-state index contributed by atoms with van der Waals surface area (Å²) in [5, 5.41) is 8.64. The fourth-order valence-electron chi connectivity index (χ4n) is 3.86. The first-order chi connectivity index (χ1) is 18.8. The van der Waals surface area contributed by atoms with Crippen LogP contribution in [0.2, 0.25) is 0 Å². The van der Waals surface area contributed by atoms with Gasteiger partial charge in [0.15, 0.2) is 11.5 Å². The first-order valence-corrected chi connectivity index (χ1v) is 12.3. The molecule has 39 heavy (non-hydrogen) atoms. The van der Waals surface area contributed by atoms with E-state index in [0.717, 1.165) is 11.1 Å². The number of aromatic nitrogens is 2. The van der Waals surface area contributed by atoms with E-state index in [1.54, 1.807) is 69.4 Å². The van der Waals surface area contributed by atoms with E-state index >= 15 is 0 Å². The minimum absolute atomic E-state index is 0.0652. The van der Waals surface area contributed by atoms with Gasteiger partial charge >= 0.3 is 17.6 Å². The molecule has 1 aromatic heterocycles. The largest absolute Gasteiger partial charge is 0.462 e. The van der Waals surface area contributed by atoms with Crippen molar-refractivity contribution in [1.82, 2.24) is 9.55 Å². The maximum absolute atomic E-state index is 12.4. The summed E-state index contributed by atoms with van der Waals surface area (Å²) in [4.78, 5) is 40.1. The lowest BCUT2D eigenvalue weighted by molar-refractivity contribution is 0.0517. The molecule has 0 radical (unpaired) electrons. The first-order valence-electron chi connectivity index (χ1n) is 12.3. The predicted octanol–water partition coefficient (Wildman–Crippen LogP) is 5.47. The number of carbonyl (C=O) groups excluding carboxylic acids is 2. The molecule has 0 unspecified atom stereocenters. The van der Waals surface area contributed by atoms with Crippen molar-refractivity contribution in [3.05, 3.63) is 94.4 Å². The second-order valence-corrected chi connectivity index (χ2v) is 8.38. The smallest absolute Gasteiger partial charge is 0.349 e. The monoisotopic (exact) mass is 525 g/mol. The highest BCUT2D eigenvalue weighted by atomic mass is 16.5. The Morgan fingerprint density at radius 2 is 1.23 bits per heavy atom. The summed E-state index contributed by atoms with van der Waals surface area (Å²) in [6, 6.07) is 21.0. The molecule has 0 saturated carbocycles. The molecule has 0 atom stereocenters. The van der Waals surface area contributed by atoms with Gasteiger partial charge in [-0.15, -0.1) is 5.11 Å². The average Bonchev–Trinajstić information content (AvgIpc) is 2.95. The lowest BCUT2D eigenvalue weighted by Crippen LogP contribution is -2.23. The van der Waals surface area contributed by atoms with Gasteiger partial charge in [-0.05, 0) is 61.4 Å². The van der Waals surface area contributed by atoms with Crippen LogP contribution in [0.5, 0.6) is 0 Å². The third kappa shape index (κ3) is 6.07. The van der Waals surface area contributed by atoms with Gasteiger partial charge in [0.2, 0.25) is 0 Å². The molecular formula is C29H27N5O5. The summed E-state index contributed by atoms with van der Waals surface area (Å²) in [6.45, 7) is 4.09. The molecule has 0 amide bonds. The number of anilines is 1. The highest BCUT2D eigenvalue weighted by Gasteiger charge is 2.17. The van der Waals surface area contributed by atoms with Crippen LogP contribution in [0.25, 0.3) is 22.4 Å². The van der Waals surface area contributed by atoms with E-state index in [2.05, 4.69) is 15.2 Å². The van der Waals surface area contributed by atoms with Crippen LogP contribution in [0, 0.1) is 0 Å². The Balaban J connectivity index is 1.61. The van der Waals surface area contributed by atoms with Crippen LogP contribution in [-0.2, 0) is 16.5 Å². The number of nitrogen functional groups attached to an aromatic ring is 1. The molecule has 2 N–H and O–H groups in total. The molecule has 0 aliphatic carbocycles. The highest BCUT2D eigenvalue weighted by Crippen LogP contribution is 2.34. The number of hydrogen-bond donors (Lipinski definition) is 1. The van der Waals surface area contributed by atoms with Crippen LogP contribution in [0.15, 0.2) is 87.8 Å². The van der Waals surface area contributed by atoms with E-state index < -0.39 is 11.7 Å². The van der Waals surface area contributed by atoms with E-state index in [0.29, 0.717) is 34.7 Å². The molecule has 4 aromatic rings. The van der Waals surface area contributed by atoms with Crippen LogP contribution in [0.4, 0.5) is 17.2 Å². The fourth-order valence-corrected chi connectivity index (χ4v) is 3.86. The zero-order valence-corrected chi connectivity index (χ0v) is 21.7. The molecule has 198 valence electrons. The molecule has 0 saturated heterocycles. The fraction of sp³-hybridized carbons (Fsp3) is 0.172. The Labute approximate surface area is 224 Å². The normalized spacial score (nSPS) is 10.9. The Hall–Kier alpha value is -5.12. The zero-order chi connectivity index (χ0) is 27.9. The molecule has 3 aromatic carbocycles. The Morgan fingerprint density at radius 1 is 0.769 bits per heavy atom. The van der Waals surface area contributed by atoms with E-state index in [4.69, 9.17) is 15.2 Å². The van der Waals surface area contributed by atoms with Crippen molar-refractivity contribution < 1.29 is 19.1 Å². The number of carbonyl (C=O) groups is 2. The Kier molecular flexibility index (Phi) is 8.25. The number of rotatable bonds is 8. The van der Waals surface area contributed by atoms with Gasteiger partial charge in [-0.3, -0.25) is 4.57 Å². The van der Waals surface area contributed by atoms with E-state index in [9.17, 15) is 14.4 Å². The topological polar surface area (TPSA) is 138 Å². The van der Waals surface area contributed by atoms with Crippen molar-refractivity contribution in [3.63, 3.8) is 0 Å². The zero-order valence-electron chi connectivity index (χ0n) is 21.7. The molecule has 0 bridgehead atoms. The van der Waals surface area contributed by atoms with Crippen molar-refractivity contribution in [2.45, 2.75) is 13.8 Å². The minimum atomic E-state index is -0.547. The maximum Gasteiger partial charge on any atom is 0.349 e. The summed E-state index contributed by atoms with van der Waals surface area (Å²) in [6.07, 6.45) is 0. The molecular weight excluding hydrogens is 498 g/mol. The van der Waals surface area contributed by atoms with Crippen molar-refractivity contribution >= 4 is 29.1 Å². The molecule has 0 aliphatic heterocycles. The highest BCUT2D eigenvalue weighted by molar-refractivity contribution is 5.91. The van der Waals surface area contributed by atoms with E-state index in [1.807, 2.05) is 24.3 Å². The summed E-state index contributed by atoms with van der Waals surface area (Å²) >= 11 is 0. The van der Waals surface area contributed by atoms with Crippen LogP contribution < -0.4 is 11.4 Å². The average molecular weight is 526 g/mol. The molecule has 4 rings (SSSR count). The molecule has 10 nitrogen and oxygen atoms in total. The van der Waals surface area contributed by atoms with Gasteiger partial charge in [0.25, 0.3) is 0 Å². The van der Waals surface area contributed by atoms with Crippen LogP contribution in [-0.4, -0.2) is 34.7 Å². The number of hydrogen-bond acceptors (Lipinski definition) is 9. The summed E-state index contributed by atoms with van der Waals surface area (Å²) in [5.74, 6) is -0.864. The van der Waals surface area contributed by atoms with Gasteiger partial charge in [-0.25, -0.2) is 14.4 Å². The summed E-state index contributed by atoms with van der Waals surface area (Å²) in [5.41, 5.74) is 10.0. The SMILES string of the molecule is CCOC(=O)c1ccc(-c2ccc(N=Nc3c(N)nc(=O)n(C)c3-c3ccc(C(=O)OCC)cc3)cc2)cc1. The van der Waals surface area contributed by atoms with Gasteiger partial charge in [0.05, 0.1) is 35.7 Å². The van der Waals surface area contributed by atoms with E-state index in [-0.39, 0.29) is 24.1 Å². The standard InChI is InChI=1S/C29H27N5O5/c1-4-38-27(35)21-10-6-18(7-11-21)19-14-16-23(17-15-19)32-33-24-25(34(3)29(37)31-26(24)30)20-8-12-22(13-9-20)28(36)39-5-2/h6-17H,4-5H2,1-3H3,(H2,30,31,37). The molecule has 10 heteroatoms. The number of ether oxygens (including phenoxy) is 2.